The summed E-state index contributed by atoms with van der Waals surface area (Å²) in [5.41, 5.74) is 17.6. The lowest BCUT2D eigenvalue weighted by Crippen LogP contribution is -2.00. The number of nitrogens with zero attached hydrogens (tertiary/aromatic N) is 6. The van der Waals surface area contributed by atoms with E-state index in [4.69, 9.17) is 38.7 Å². The van der Waals surface area contributed by atoms with Crippen molar-refractivity contribution in [1.29, 1.82) is 0 Å². The lowest BCUT2D eigenvalue weighted by atomic mass is 9.96. The van der Waals surface area contributed by atoms with E-state index in [-0.39, 0.29) is 0 Å². The van der Waals surface area contributed by atoms with E-state index in [9.17, 15) is 0 Å². The monoisotopic (exact) mass is 1170 g/mol. The second-order valence-electron chi connectivity index (χ2n) is 23.3. The summed E-state index contributed by atoms with van der Waals surface area (Å²) in [7, 11) is 0. The van der Waals surface area contributed by atoms with Gasteiger partial charge in [-0.3, -0.25) is 0 Å². The Labute approximate surface area is 528 Å². The first-order chi connectivity index (χ1) is 45.5. The third kappa shape index (κ3) is 9.32. The molecule has 0 bridgehead atoms. The van der Waals surface area contributed by atoms with Crippen molar-refractivity contribution in [2.24, 2.45) is 0 Å². The number of hydrogen-bond donors (Lipinski definition) is 0. The highest BCUT2D eigenvalue weighted by Gasteiger charge is 2.21. The highest BCUT2D eigenvalue weighted by atomic mass is 16.3. The Morgan fingerprint density at radius 3 is 1.01 bits per heavy atom. The van der Waals surface area contributed by atoms with Gasteiger partial charge in [-0.1, -0.05) is 261 Å². The Kier molecular flexibility index (Phi) is 12.4. The molecule has 92 heavy (non-hydrogen) atoms. The molecule has 0 amide bonds. The maximum absolute atomic E-state index is 6.35. The largest absolute Gasteiger partial charge is 0.456 e. The standard InChI is InChI=1S/C84H50N6O2/c1-2-14-62-48-64(46-37-51(62)12-1)81-85-79(87-83(89-81)71-20-10-24-75-77(71)69-17-5-7-22-73(69)91-75)60-41-34-55(35-42-60)53-28-26-52(27-29-53)54-30-32-56(33-31-54)63-45-36-57-38-47-65(50-66(57)49-63)82-86-80(61-43-39-59(40-44-61)68-19-9-15-58-13-3-4-16-67(58)68)88-84(90-82)72-21-11-25-76-78(72)70-18-6-8-23-74(70)92-76/h1-50H. The van der Waals surface area contributed by atoms with Crippen molar-refractivity contribution in [3.05, 3.63) is 303 Å². The first-order valence-corrected chi connectivity index (χ1v) is 30.8. The number of furan rings is 2. The van der Waals surface area contributed by atoms with Gasteiger partial charge in [-0.05, 0) is 119 Å². The molecule has 0 fully saturated rings. The number of para-hydroxylation sites is 2. The lowest BCUT2D eigenvalue weighted by Gasteiger charge is -2.11. The molecule has 0 aliphatic heterocycles. The zero-order valence-corrected chi connectivity index (χ0v) is 49.4. The Balaban J connectivity index is 0.634. The minimum Gasteiger partial charge on any atom is -0.456 e. The van der Waals surface area contributed by atoms with Crippen LogP contribution in [0.3, 0.4) is 0 Å². The average Bonchev–Trinajstić information content (AvgIpc) is 1.58. The predicted molar refractivity (Wildman–Crippen MR) is 375 cm³/mol. The van der Waals surface area contributed by atoms with Crippen molar-refractivity contribution in [3.63, 3.8) is 0 Å². The van der Waals surface area contributed by atoms with Crippen molar-refractivity contribution in [2.75, 3.05) is 0 Å². The molecule has 0 spiro atoms. The molecular formula is C84H50N6O2. The third-order valence-electron chi connectivity index (χ3n) is 17.8. The molecule has 0 N–H and O–H groups in total. The molecule has 4 aromatic heterocycles. The second kappa shape index (κ2) is 21.7. The van der Waals surface area contributed by atoms with E-state index in [1.54, 1.807) is 0 Å². The van der Waals surface area contributed by atoms with Crippen molar-refractivity contribution in [3.8, 4) is 113 Å². The fourth-order valence-electron chi connectivity index (χ4n) is 13.1. The SMILES string of the molecule is c1ccc2cc(-c3nc(-c4ccc(-c5ccc(-c6ccc(-c7ccc8ccc(-c9nc(-c%10ccc(-c%11cccc%12ccccc%11%12)cc%10)nc(-c%10cccc%11oc%12ccccc%12c%10%11)n9)cc8c7)cc6)cc5)cc4)nc(-c4cccc5oc6ccccc6c45)n3)ccc2c1. The van der Waals surface area contributed by atoms with Crippen LogP contribution in [-0.4, -0.2) is 29.9 Å². The minimum absolute atomic E-state index is 0.576. The molecule has 0 saturated heterocycles. The summed E-state index contributed by atoms with van der Waals surface area (Å²) in [4.78, 5) is 31.2. The molecule has 428 valence electrons. The number of fused-ring (bicyclic) bond motifs is 9. The zero-order chi connectivity index (χ0) is 60.6. The van der Waals surface area contributed by atoms with Crippen LogP contribution in [0.1, 0.15) is 0 Å². The highest BCUT2D eigenvalue weighted by Crippen LogP contribution is 2.41. The van der Waals surface area contributed by atoms with Gasteiger partial charge < -0.3 is 8.83 Å². The van der Waals surface area contributed by atoms with Crippen LogP contribution in [0.4, 0.5) is 0 Å². The van der Waals surface area contributed by atoms with Crippen LogP contribution in [0.15, 0.2) is 312 Å². The van der Waals surface area contributed by atoms with Gasteiger partial charge in [-0.15, -0.1) is 0 Å². The maximum atomic E-state index is 6.35. The van der Waals surface area contributed by atoms with E-state index in [2.05, 4.69) is 243 Å². The molecule has 0 atom stereocenters. The van der Waals surface area contributed by atoms with Crippen molar-refractivity contribution in [1.82, 2.24) is 29.9 Å². The van der Waals surface area contributed by atoms with Crippen LogP contribution in [-0.2, 0) is 0 Å². The van der Waals surface area contributed by atoms with Gasteiger partial charge in [0.15, 0.2) is 34.9 Å². The normalized spacial score (nSPS) is 11.7. The van der Waals surface area contributed by atoms with Crippen LogP contribution in [0.25, 0.3) is 189 Å². The lowest BCUT2D eigenvalue weighted by molar-refractivity contribution is 0.668. The Morgan fingerprint density at radius 2 is 0.489 bits per heavy atom. The van der Waals surface area contributed by atoms with Crippen molar-refractivity contribution >= 4 is 76.2 Å². The number of aromatic nitrogens is 6. The van der Waals surface area contributed by atoms with E-state index in [1.807, 2.05) is 60.7 Å². The summed E-state index contributed by atoms with van der Waals surface area (Å²) in [6.07, 6.45) is 0. The molecule has 0 saturated carbocycles. The van der Waals surface area contributed by atoms with E-state index in [0.29, 0.717) is 34.9 Å². The van der Waals surface area contributed by atoms with Gasteiger partial charge in [0, 0.05) is 54.9 Å². The minimum atomic E-state index is 0.576. The van der Waals surface area contributed by atoms with Crippen molar-refractivity contribution < 1.29 is 8.83 Å². The summed E-state index contributed by atoms with van der Waals surface area (Å²) in [6, 6.07) is 106. The Morgan fingerprint density at radius 1 is 0.174 bits per heavy atom. The van der Waals surface area contributed by atoms with E-state index < -0.39 is 0 Å². The summed E-state index contributed by atoms with van der Waals surface area (Å²) in [5, 5.41) is 10.9. The molecular weight excluding hydrogens is 1120 g/mol. The van der Waals surface area contributed by atoms with Gasteiger partial charge in [0.05, 0.1) is 0 Å². The Hall–Kier alpha value is -12.5. The number of rotatable bonds is 10. The third-order valence-corrected chi connectivity index (χ3v) is 17.8. The van der Waals surface area contributed by atoms with Gasteiger partial charge in [0.1, 0.15) is 22.3 Å². The van der Waals surface area contributed by atoms with Crippen LogP contribution in [0.2, 0.25) is 0 Å². The zero-order valence-electron chi connectivity index (χ0n) is 49.4. The van der Waals surface area contributed by atoms with Gasteiger partial charge in [-0.2, -0.15) is 0 Å². The molecule has 0 radical (unpaired) electrons. The topological polar surface area (TPSA) is 104 Å². The van der Waals surface area contributed by atoms with E-state index >= 15 is 0 Å². The molecule has 0 aliphatic rings. The Bertz CT molecular complexity index is 5930. The average molecular weight is 1180 g/mol. The molecule has 0 aliphatic carbocycles. The second-order valence-corrected chi connectivity index (χ2v) is 23.3. The summed E-state index contributed by atoms with van der Waals surface area (Å²) < 4.78 is 12.7. The summed E-state index contributed by atoms with van der Waals surface area (Å²) in [6.45, 7) is 0. The fraction of sp³-hybridized carbons (Fsp3) is 0. The van der Waals surface area contributed by atoms with Crippen LogP contribution in [0, 0.1) is 0 Å². The number of benzene rings is 14. The molecule has 4 heterocycles. The molecule has 8 nitrogen and oxygen atoms in total. The highest BCUT2D eigenvalue weighted by molar-refractivity contribution is 6.13. The molecule has 18 aromatic rings. The fourth-order valence-corrected chi connectivity index (χ4v) is 13.1. The van der Waals surface area contributed by atoms with Crippen molar-refractivity contribution in [2.45, 2.75) is 0 Å². The molecule has 8 heteroatoms. The smallest absolute Gasteiger partial charge is 0.164 e. The van der Waals surface area contributed by atoms with Crippen LogP contribution in [0.5, 0.6) is 0 Å². The molecule has 18 rings (SSSR count). The summed E-state index contributed by atoms with van der Waals surface area (Å²) >= 11 is 0. The van der Waals surface area contributed by atoms with Gasteiger partial charge in [-0.25, -0.2) is 29.9 Å². The van der Waals surface area contributed by atoms with Gasteiger partial charge in [0.2, 0.25) is 0 Å². The first kappa shape index (κ1) is 52.6. The van der Waals surface area contributed by atoms with Gasteiger partial charge in [0.25, 0.3) is 0 Å². The van der Waals surface area contributed by atoms with E-state index in [0.717, 1.165) is 138 Å². The van der Waals surface area contributed by atoms with E-state index in [1.165, 1.54) is 16.3 Å². The quantitative estimate of drug-likeness (QED) is 0.133. The summed E-state index contributed by atoms with van der Waals surface area (Å²) in [5.74, 6) is 3.53. The first-order valence-electron chi connectivity index (χ1n) is 30.8. The molecule has 14 aromatic carbocycles. The van der Waals surface area contributed by atoms with Gasteiger partial charge >= 0.3 is 0 Å². The molecule has 0 unspecified atom stereocenters. The maximum Gasteiger partial charge on any atom is 0.164 e. The van der Waals surface area contributed by atoms with Crippen LogP contribution >= 0.6 is 0 Å². The van der Waals surface area contributed by atoms with Crippen LogP contribution < -0.4 is 0 Å². The number of hydrogen-bond acceptors (Lipinski definition) is 8. The predicted octanol–water partition coefficient (Wildman–Crippen LogP) is 22.0.